The topological polar surface area (TPSA) is 73.8 Å². The van der Waals surface area contributed by atoms with E-state index in [1.807, 2.05) is 0 Å². The van der Waals surface area contributed by atoms with Crippen LogP contribution in [-0.2, 0) is 37.9 Å². The first-order valence-corrected chi connectivity index (χ1v) is 35.6. The molecular weight excluding hydrogens is 2150 g/mol. The SMILES string of the molecule is CCC1CC(C)OC(c2c(I)cc(I)cc2I)O1.CCC1CC(C)OC(c2cc(I)c(I)c(I)c2)O1.CCC1CC(C)OC(c2cc(I)cc(I)c2)O1.CCC1CC(C)OC(c2cc(I)cc(I)c2I)O1. The zero-order valence-corrected chi connectivity index (χ0v) is 64.4. The Morgan fingerprint density at radius 3 is 1.07 bits per heavy atom. The molecule has 4 saturated heterocycles. The zero-order valence-electron chi connectivity index (χ0n) is 40.7. The Kier molecular flexibility index (Phi) is 30.9. The normalized spacial score (nSPS) is 28.6. The summed E-state index contributed by atoms with van der Waals surface area (Å²) >= 11 is 25.9. The molecule has 0 saturated carbocycles. The minimum Gasteiger partial charge on any atom is -0.345 e. The lowest BCUT2D eigenvalue weighted by atomic mass is 10.1. The van der Waals surface area contributed by atoms with Gasteiger partial charge in [-0.3, -0.25) is 0 Å². The average molecular weight is 2210 g/mol. The maximum Gasteiger partial charge on any atom is 0.186 e. The van der Waals surface area contributed by atoms with Crippen LogP contribution in [0.25, 0.3) is 0 Å². The average Bonchev–Trinajstić information content (AvgIpc) is 3.30. The Morgan fingerprint density at radius 1 is 0.338 bits per heavy atom. The molecule has 8 nitrogen and oxygen atoms in total. The third kappa shape index (κ3) is 21.1. The van der Waals surface area contributed by atoms with Gasteiger partial charge in [0.15, 0.2) is 25.2 Å². The molecule has 4 aromatic rings. The lowest BCUT2D eigenvalue weighted by molar-refractivity contribution is -0.244. The fourth-order valence-electron chi connectivity index (χ4n) is 8.19. The second-order valence-corrected chi connectivity index (χ2v) is 30.7. The van der Waals surface area contributed by atoms with Gasteiger partial charge < -0.3 is 37.9 Å². The van der Waals surface area contributed by atoms with Gasteiger partial charge in [-0.1, -0.05) is 27.7 Å². The summed E-state index contributed by atoms with van der Waals surface area (Å²) < 4.78 is 61.5. The highest BCUT2D eigenvalue weighted by atomic mass is 127. The Bertz CT molecular complexity index is 2280. The largest absolute Gasteiger partial charge is 0.345 e. The quantitative estimate of drug-likeness (QED) is 0.0982. The number of halogens is 11. The van der Waals surface area contributed by atoms with E-state index in [0.29, 0.717) is 24.4 Å². The van der Waals surface area contributed by atoms with Crippen molar-refractivity contribution in [3.05, 3.63) is 116 Å². The number of benzene rings is 4. The van der Waals surface area contributed by atoms with Crippen LogP contribution in [0.4, 0.5) is 0 Å². The molecule has 4 fully saturated rings. The summed E-state index contributed by atoms with van der Waals surface area (Å²) in [7, 11) is 0. The zero-order chi connectivity index (χ0) is 52.3. The molecule has 0 N–H and O–H groups in total. The van der Waals surface area contributed by atoms with Gasteiger partial charge in [0.25, 0.3) is 0 Å². The lowest BCUT2D eigenvalue weighted by Crippen LogP contribution is -2.32. The Balaban J connectivity index is 0.000000176. The molecule has 8 rings (SSSR count). The third-order valence-corrected chi connectivity index (χ3v) is 24.2. The van der Waals surface area contributed by atoms with Gasteiger partial charge in [-0.25, -0.2) is 0 Å². The minimum atomic E-state index is -0.214. The van der Waals surface area contributed by atoms with Gasteiger partial charge in [0.2, 0.25) is 0 Å². The van der Waals surface area contributed by atoms with Crippen molar-refractivity contribution in [1.29, 1.82) is 0 Å². The summed E-state index contributed by atoms with van der Waals surface area (Å²) in [6.07, 6.45) is 9.62. The molecule has 0 spiro atoms. The highest BCUT2D eigenvalue weighted by molar-refractivity contribution is 14.1. The van der Waals surface area contributed by atoms with Gasteiger partial charge in [0.05, 0.1) is 48.8 Å². The maximum atomic E-state index is 6.06. The van der Waals surface area contributed by atoms with Crippen molar-refractivity contribution in [2.75, 3.05) is 0 Å². The van der Waals surface area contributed by atoms with E-state index in [-0.39, 0.29) is 49.6 Å². The molecule has 4 heterocycles. The predicted octanol–water partition coefficient (Wildman–Crippen LogP) is 19.8. The number of rotatable bonds is 8. The van der Waals surface area contributed by atoms with Crippen molar-refractivity contribution in [3.8, 4) is 0 Å². The summed E-state index contributed by atoms with van der Waals surface area (Å²) in [5.41, 5.74) is 4.61. The van der Waals surface area contributed by atoms with Crippen molar-refractivity contribution in [2.45, 2.75) is 181 Å². The van der Waals surface area contributed by atoms with Gasteiger partial charge in [-0.05, 0) is 382 Å². The number of hydrogen-bond acceptors (Lipinski definition) is 8. The molecule has 0 amide bonds. The predicted molar refractivity (Wildman–Crippen MR) is 378 cm³/mol. The number of ether oxygens (including phenoxy) is 8. The van der Waals surface area contributed by atoms with Gasteiger partial charge in [0, 0.05) is 61.5 Å². The standard InChI is InChI=1S/3C13H15I3O2.C13H16I2O2/c1-3-9-4-7(2)17-13(18-9)12-10(15)5-8(14)6-11(12)16;1-3-9-4-7(2)17-13(18-9)10-5-8(14)6-11(15)12(10)16;1-3-9-4-7(2)17-13(18-9)8-5-10(14)12(16)11(15)6-8;1-3-12-4-8(2)16-13(17-12)9-5-10(14)7-11(15)6-9/h3*5-7,9,13H,3-4H2,1-2H3;5-8,12-13H,3-4H2,1-2H3. The minimum absolute atomic E-state index is 0.202. The van der Waals surface area contributed by atoms with E-state index in [9.17, 15) is 0 Å². The summed E-state index contributed by atoms with van der Waals surface area (Å²) in [4.78, 5) is 0. The van der Waals surface area contributed by atoms with E-state index in [0.717, 1.165) is 68.1 Å². The molecule has 4 aromatic carbocycles. The smallest absolute Gasteiger partial charge is 0.186 e. The summed E-state index contributed by atoms with van der Waals surface area (Å²) in [5, 5.41) is 0. The van der Waals surface area contributed by atoms with Gasteiger partial charge in [-0.2, -0.15) is 0 Å². The Hall–Kier alpha value is 4.59. The fourth-order valence-corrected chi connectivity index (χ4v) is 18.9. The molecule has 12 atom stereocenters. The van der Waals surface area contributed by atoms with Gasteiger partial charge in [-0.15, -0.1) is 0 Å². The Labute approximate surface area is 573 Å². The van der Waals surface area contributed by atoms with E-state index < -0.39 is 0 Å². The first-order valence-electron chi connectivity index (χ1n) is 23.7. The van der Waals surface area contributed by atoms with Crippen molar-refractivity contribution < 1.29 is 37.9 Å². The third-order valence-electron chi connectivity index (χ3n) is 11.9. The van der Waals surface area contributed by atoms with Gasteiger partial charge >= 0.3 is 0 Å². The van der Waals surface area contributed by atoms with E-state index in [1.54, 1.807) is 0 Å². The van der Waals surface area contributed by atoms with Crippen LogP contribution in [0.1, 0.15) is 154 Å². The van der Waals surface area contributed by atoms with E-state index in [2.05, 4.69) is 358 Å². The second kappa shape index (κ2) is 33.0. The van der Waals surface area contributed by atoms with Crippen molar-refractivity contribution in [2.24, 2.45) is 0 Å². The van der Waals surface area contributed by atoms with Crippen LogP contribution >= 0.6 is 248 Å². The molecule has 19 heteroatoms. The van der Waals surface area contributed by atoms with Crippen molar-refractivity contribution in [3.63, 3.8) is 0 Å². The molecule has 0 radical (unpaired) electrons. The highest BCUT2D eigenvalue weighted by Gasteiger charge is 2.33. The van der Waals surface area contributed by atoms with Crippen LogP contribution in [0.2, 0.25) is 0 Å². The van der Waals surface area contributed by atoms with Crippen LogP contribution in [0.5, 0.6) is 0 Å². The van der Waals surface area contributed by atoms with Crippen molar-refractivity contribution in [1.82, 2.24) is 0 Å². The van der Waals surface area contributed by atoms with Crippen LogP contribution in [0.15, 0.2) is 54.6 Å². The van der Waals surface area contributed by atoms with Gasteiger partial charge in [0.1, 0.15) is 0 Å². The van der Waals surface area contributed by atoms with Crippen LogP contribution in [0, 0.1) is 39.3 Å². The fraction of sp³-hybridized carbons (Fsp3) is 0.538. The van der Waals surface area contributed by atoms with E-state index in [1.165, 1.54) is 44.8 Å². The summed E-state index contributed by atoms with van der Waals surface area (Å²) in [5.74, 6) is 0. The molecule has 0 aliphatic carbocycles. The molecule has 71 heavy (non-hydrogen) atoms. The monoisotopic (exact) mass is 2210 g/mol. The molecule has 4 aliphatic rings. The maximum absolute atomic E-state index is 6.06. The van der Waals surface area contributed by atoms with Crippen molar-refractivity contribution >= 4 is 248 Å². The van der Waals surface area contributed by atoms with Crippen LogP contribution in [0.3, 0.4) is 0 Å². The molecule has 394 valence electrons. The molecule has 0 bridgehead atoms. The highest BCUT2D eigenvalue weighted by Crippen LogP contribution is 2.39. The molecular formula is C52H61I11O8. The van der Waals surface area contributed by atoms with Crippen LogP contribution < -0.4 is 0 Å². The van der Waals surface area contributed by atoms with E-state index in [4.69, 9.17) is 37.9 Å². The molecule has 4 aliphatic heterocycles. The number of hydrogen-bond donors (Lipinski definition) is 0. The summed E-state index contributed by atoms with van der Waals surface area (Å²) in [6, 6.07) is 19.4. The molecule has 0 aromatic heterocycles. The summed E-state index contributed by atoms with van der Waals surface area (Å²) in [6.45, 7) is 17.2. The first kappa shape index (κ1) is 66.4. The van der Waals surface area contributed by atoms with E-state index >= 15 is 0 Å². The first-order chi connectivity index (χ1) is 33.6. The molecule has 12 unspecified atom stereocenters. The lowest BCUT2D eigenvalue weighted by Gasteiger charge is -2.35. The Morgan fingerprint density at radius 2 is 0.648 bits per heavy atom. The van der Waals surface area contributed by atoms with Crippen LogP contribution in [-0.4, -0.2) is 48.8 Å². The second-order valence-electron chi connectivity index (χ2n) is 17.8.